The molecule has 2 atom stereocenters. The number of carboxylic acids is 2. The fraction of sp³-hybridized carbons (Fsp3) is 0.667. The topological polar surface area (TPSA) is 87.1 Å². The van der Waals surface area contributed by atoms with Crippen LogP contribution in [0.5, 0.6) is 0 Å². The minimum atomic E-state index is -0.956. The van der Waals surface area contributed by atoms with Gasteiger partial charge in [-0.25, -0.2) is 0 Å². The molecule has 0 unspecified atom stereocenters. The van der Waals surface area contributed by atoms with Crippen LogP contribution in [0.15, 0.2) is 0 Å². The molecule has 1 saturated heterocycles. The van der Waals surface area contributed by atoms with Crippen LogP contribution in [0.1, 0.15) is 12.8 Å². The Hall–Kier alpha value is -1.10. The molecule has 0 amide bonds. The zero-order valence-electron chi connectivity index (χ0n) is 5.69. The zero-order valence-corrected chi connectivity index (χ0v) is 5.69. The third-order valence-electron chi connectivity index (χ3n) is 1.44. The lowest BCUT2D eigenvalue weighted by atomic mass is 10.2. The van der Waals surface area contributed by atoms with Crippen molar-refractivity contribution in [1.29, 1.82) is 0 Å². The molecule has 0 aromatic rings. The quantitative estimate of drug-likeness (QED) is 0.551. The molecule has 0 aromatic heterocycles. The van der Waals surface area contributed by atoms with Gasteiger partial charge in [0, 0.05) is 0 Å². The van der Waals surface area contributed by atoms with Crippen LogP contribution in [-0.2, 0) is 14.3 Å². The van der Waals surface area contributed by atoms with Gasteiger partial charge in [-0.3, -0.25) is 9.59 Å². The van der Waals surface area contributed by atoms with Gasteiger partial charge in [-0.1, -0.05) is 0 Å². The van der Waals surface area contributed by atoms with Crippen LogP contribution in [0.3, 0.4) is 0 Å². The molecule has 1 aliphatic heterocycles. The first kappa shape index (κ1) is 8.00. The van der Waals surface area contributed by atoms with Crippen molar-refractivity contribution in [2.75, 3.05) is 0 Å². The summed E-state index contributed by atoms with van der Waals surface area (Å²) >= 11 is 0. The van der Waals surface area contributed by atoms with Crippen molar-refractivity contribution in [1.82, 2.24) is 0 Å². The van der Waals surface area contributed by atoms with E-state index in [1.165, 1.54) is 0 Å². The van der Waals surface area contributed by atoms with Gasteiger partial charge in [-0.05, 0) is 0 Å². The van der Waals surface area contributed by atoms with Gasteiger partial charge < -0.3 is 14.9 Å². The van der Waals surface area contributed by atoms with Crippen molar-refractivity contribution >= 4 is 11.9 Å². The highest BCUT2D eigenvalue weighted by atomic mass is 16.6. The molecule has 1 fully saturated rings. The van der Waals surface area contributed by atoms with Crippen LogP contribution in [0.2, 0.25) is 0 Å². The summed E-state index contributed by atoms with van der Waals surface area (Å²) in [7, 11) is 0. The highest BCUT2D eigenvalue weighted by Crippen LogP contribution is 2.27. The first-order chi connectivity index (χ1) is 5.09. The van der Waals surface area contributed by atoms with E-state index in [-0.39, 0.29) is 25.0 Å². The Morgan fingerprint density at radius 1 is 1.09 bits per heavy atom. The summed E-state index contributed by atoms with van der Waals surface area (Å²) in [5.41, 5.74) is 0. The molecule has 62 valence electrons. The summed E-state index contributed by atoms with van der Waals surface area (Å²) in [6.45, 7) is 0. The maximum atomic E-state index is 10.1. The monoisotopic (exact) mass is 160 g/mol. The Bertz CT molecular complexity index is 167. The third kappa shape index (κ3) is 2.55. The minimum Gasteiger partial charge on any atom is -0.481 e. The Balaban J connectivity index is 2.16. The number of hydrogen-bond donors (Lipinski definition) is 2. The summed E-state index contributed by atoms with van der Waals surface area (Å²) < 4.78 is 4.78. The van der Waals surface area contributed by atoms with Crippen LogP contribution in [-0.4, -0.2) is 34.4 Å². The van der Waals surface area contributed by atoms with E-state index in [1.807, 2.05) is 0 Å². The standard InChI is InChI=1S/C6H8O5/c7-5(8)1-3-4(11-3)2-6(9)10/h3-4H,1-2H2,(H,7,8)(H,9,10)/t3-,4-/m0/s1. The molecular weight excluding hydrogens is 152 g/mol. The van der Waals surface area contributed by atoms with Gasteiger partial charge in [-0.2, -0.15) is 0 Å². The summed E-state index contributed by atoms with van der Waals surface area (Å²) in [4.78, 5) is 20.1. The second-order valence-electron chi connectivity index (χ2n) is 2.41. The lowest BCUT2D eigenvalue weighted by molar-refractivity contribution is -0.138. The van der Waals surface area contributed by atoms with Crippen molar-refractivity contribution in [3.05, 3.63) is 0 Å². The first-order valence-electron chi connectivity index (χ1n) is 3.18. The van der Waals surface area contributed by atoms with E-state index in [4.69, 9.17) is 14.9 Å². The minimum absolute atomic E-state index is 0.0993. The van der Waals surface area contributed by atoms with Gasteiger partial charge >= 0.3 is 11.9 Å². The van der Waals surface area contributed by atoms with E-state index in [1.54, 1.807) is 0 Å². The predicted molar refractivity (Wildman–Crippen MR) is 33.2 cm³/mol. The smallest absolute Gasteiger partial charge is 0.306 e. The van der Waals surface area contributed by atoms with E-state index >= 15 is 0 Å². The maximum Gasteiger partial charge on any atom is 0.306 e. The number of ether oxygens (including phenoxy) is 1. The molecule has 1 rings (SSSR count). The van der Waals surface area contributed by atoms with E-state index in [0.717, 1.165) is 0 Å². The van der Waals surface area contributed by atoms with Gasteiger partial charge in [0.25, 0.3) is 0 Å². The Kier molecular flexibility index (Phi) is 2.09. The molecular formula is C6H8O5. The molecule has 0 aromatic carbocycles. The molecule has 5 nitrogen and oxygen atoms in total. The third-order valence-corrected chi connectivity index (χ3v) is 1.44. The van der Waals surface area contributed by atoms with Gasteiger partial charge in [0.2, 0.25) is 0 Å². The van der Waals surface area contributed by atoms with Crippen LogP contribution in [0.4, 0.5) is 0 Å². The van der Waals surface area contributed by atoms with Crippen molar-refractivity contribution < 1.29 is 24.5 Å². The Labute approximate surface area is 62.6 Å². The normalized spacial score (nSPS) is 28.0. The van der Waals surface area contributed by atoms with E-state index in [0.29, 0.717) is 0 Å². The van der Waals surface area contributed by atoms with Crippen LogP contribution < -0.4 is 0 Å². The van der Waals surface area contributed by atoms with Crippen LogP contribution in [0.25, 0.3) is 0 Å². The fourth-order valence-electron chi connectivity index (χ4n) is 0.882. The van der Waals surface area contributed by atoms with Gasteiger partial charge in [0.15, 0.2) is 0 Å². The van der Waals surface area contributed by atoms with Crippen LogP contribution >= 0.6 is 0 Å². The molecule has 0 aliphatic carbocycles. The van der Waals surface area contributed by atoms with Crippen LogP contribution in [0, 0.1) is 0 Å². The summed E-state index contributed by atoms with van der Waals surface area (Å²) in [5, 5.41) is 16.5. The number of aliphatic carboxylic acids is 2. The molecule has 11 heavy (non-hydrogen) atoms. The summed E-state index contributed by atoms with van der Waals surface area (Å²) in [6, 6.07) is 0. The van der Waals surface area contributed by atoms with Crippen molar-refractivity contribution in [3.63, 3.8) is 0 Å². The molecule has 0 radical (unpaired) electrons. The van der Waals surface area contributed by atoms with E-state index in [2.05, 4.69) is 0 Å². The molecule has 0 saturated carbocycles. The van der Waals surface area contributed by atoms with E-state index < -0.39 is 11.9 Å². The van der Waals surface area contributed by atoms with Gasteiger partial charge in [0.05, 0.1) is 25.0 Å². The zero-order chi connectivity index (χ0) is 8.43. The maximum absolute atomic E-state index is 10.1. The lowest BCUT2D eigenvalue weighted by Crippen LogP contribution is -2.06. The fourth-order valence-corrected chi connectivity index (χ4v) is 0.882. The second kappa shape index (κ2) is 2.87. The van der Waals surface area contributed by atoms with E-state index in [9.17, 15) is 9.59 Å². The SMILES string of the molecule is O=C(O)C[C@@H]1O[C@H]1CC(=O)O. The molecule has 1 heterocycles. The van der Waals surface area contributed by atoms with Gasteiger partial charge in [-0.15, -0.1) is 0 Å². The number of hydrogen-bond acceptors (Lipinski definition) is 3. The Morgan fingerprint density at radius 2 is 1.45 bits per heavy atom. The van der Waals surface area contributed by atoms with Gasteiger partial charge in [0.1, 0.15) is 0 Å². The number of rotatable bonds is 4. The number of carboxylic acid groups (broad SMARTS) is 2. The van der Waals surface area contributed by atoms with Crippen molar-refractivity contribution in [2.45, 2.75) is 25.0 Å². The van der Waals surface area contributed by atoms with Crippen molar-refractivity contribution in [2.24, 2.45) is 0 Å². The lowest BCUT2D eigenvalue weighted by Gasteiger charge is -1.86. The average molecular weight is 160 g/mol. The highest BCUT2D eigenvalue weighted by molar-refractivity contribution is 5.70. The number of epoxide rings is 1. The van der Waals surface area contributed by atoms with Crippen molar-refractivity contribution in [3.8, 4) is 0 Å². The average Bonchev–Trinajstić information content (AvgIpc) is 2.43. The Morgan fingerprint density at radius 3 is 1.73 bits per heavy atom. The summed E-state index contributed by atoms with van der Waals surface area (Å²) in [5.74, 6) is -1.91. The first-order valence-corrected chi connectivity index (χ1v) is 3.18. The predicted octanol–water partition coefficient (Wildman–Crippen LogP) is -0.297. The molecule has 0 bridgehead atoms. The molecule has 5 heteroatoms. The number of carbonyl (C=O) groups is 2. The molecule has 0 spiro atoms. The summed E-state index contributed by atoms with van der Waals surface area (Å²) in [6.07, 6.45) is -0.970. The molecule has 2 N–H and O–H groups in total. The highest BCUT2D eigenvalue weighted by Gasteiger charge is 2.41. The second-order valence-corrected chi connectivity index (χ2v) is 2.41. The largest absolute Gasteiger partial charge is 0.481 e. The molecule has 1 aliphatic rings.